The van der Waals surface area contributed by atoms with Crippen LogP contribution in [0.1, 0.15) is 9.80 Å². The van der Waals surface area contributed by atoms with Crippen LogP contribution in [0.15, 0.2) is 47.8 Å². The molecule has 0 spiro atoms. The number of carbonyl (C=O) groups is 1. The molecule has 0 radical (unpaired) electrons. The van der Waals surface area contributed by atoms with E-state index in [-0.39, 0.29) is 27.9 Å². The number of carbonyl (C=O) groups excluding carboxylic acids is 1. The standard InChI is InChI=1S/C18H14F3N3O5S2/c1-31(27,28)24-13-8-11(4-7-15(13)25)22-16(26)17-23-14(9-30-17)10-2-5-12(6-3-10)29-18(19,20)21/h2-9,24-25H,1H3,(H,22,26). The van der Waals surface area contributed by atoms with Crippen LogP contribution in [0.25, 0.3) is 11.3 Å². The minimum Gasteiger partial charge on any atom is -0.506 e. The molecule has 0 saturated heterocycles. The fraction of sp³-hybridized carbons (Fsp3) is 0.111. The Balaban J connectivity index is 1.73. The van der Waals surface area contributed by atoms with Gasteiger partial charge in [-0.25, -0.2) is 13.4 Å². The second-order valence-electron chi connectivity index (χ2n) is 6.17. The number of thiazole rings is 1. The van der Waals surface area contributed by atoms with Crippen molar-refractivity contribution >= 4 is 38.6 Å². The maximum Gasteiger partial charge on any atom is 0.573 e. The monoisotopic (exact) mass is 473 g/mol. The number of ether oxygens (including phenoxy) is 1. The third-order valence-electron chi connectivity index (χ3n) is 3.63. The number of benzene rings is 2. The van der Waals surface area contributed by atoms with Gasteiger partial charge in [0, 0.05) is 16.6 Å². The van der Waals surface area contributed by atoms with E-state index in [0.29, 0.717) is 11.3 Å². The summed E-state index contributed by atoms with van der Waals surface area (Å²) in [4.78, 5) is 16.6. The maximum atomic E-state index is 12.4. The first-order valence-corrected chi connectivity index (χ1v) is 11.1. The van der Waals surface area contributed by atoms with Crippen LogP contribution in [0, 0.1) is 0 Å². The predicted octanol–water partition coefficient (Wildman–Crippen LogP) is 4.04. The van der Waals surface area contributed by atoms with Crippen molar-refractivity contribution in [3.8, 4) is 22.8 Å². The first kappa shape index (κ1) is 22.4. The lowest BCUT2D eigenvalue weighted by molar-refractivity contribution is -0.274. The van der Waals surface area contributed by atoms with Crippen molar-refractivity contribution < 1.29 is 36.2 Å². The fourth-order valence-corrected chi connectivity index (χ4v) is 3.70. The molecule has 2 aromatic carbocycles. The van der Waals surface area contributed by atoms with E-state index in [1.165, 1.54) is 30.3 Å². The van der Waals surface area contributed by atoms with Crippen molar-refractivity contribution in [3.05, 3.63) is 52.9 Å². The zero-order valence-corrected chi connectivity index (χ0v) is 17.2. The summed E-state index contributed by atoms with van der Waals surface area (Å²) in [5, 5.41) is 13.9. The molecule has 3 rings (SSSR count). The Morgan fingerprint density at radius 2 is 1.84 bits per heavy atom. The van der Waals surface area contributed by atoms with Gasteiger partial charge in [-0.2, -0.15) is 0 Å². The van der Waals surface area contributed by atoms with Crippen LogP contribution < -0.4 is 14.8 Å². The van der Waals surface area contributed by atoms with Crippen LogP contribution in [0.2, 0.25) is 0 Å². The molecule has 0 aliphatic carbocycles. The number of sulfonamides is 1. The number of halogens is 3. The Bertz CT molecular complexity index is 1210. The molecule has 13 heteroatoms. The summed E-state index contributed by atoms with van der Waals surface area (Å²) in [6, 6.07) is 8.84. The Labute approximate surface area is 178 Å². The molecular formula is C18H14F3N3O5S2. The highest BCUT2D eigenvalue weighted by atomic mass is 32.2. The topological polar surface area (TPSA) is 118 Å². The molecule has 164 valence electrons. The molecule has 0 bridgehead atoms. The number of aromatic nitrogens is 1. The summed E-state index contributed by atoms with van der Waals surface area (Å²) in [5.74, 6) is -1.29. The van der Waals surface area contributed by atoms with E-state index in [1.54, 1.807) is 5.38 Å². The van der Waals surface area contributed by atoms with Crippen LogP contribution in [0.5, 0.6) is 11.5 Å². The Hall–Kier alpha value is -3.32. The van der Waals surface area contributed by atoms with Crippen LogP contribution in [0.4, 0.5) is 24.5 Å². The number of phenols is 1. The average molecular weight is 473 g/mol. The smallest absolute Gasteiger partial charge is 0.506 e. The van der Waals surface area contributed by atoms with Gasteiger partial charge in [0.2, 0.25) is 10.0 Å². The molecule has 0 aliphatic heterocycles. The van der Waals surface area contributed by atoms with E-state index >= 15 is 0 Å². The van der Waals surface area contributed by atoms with Gasteiger partial charge < -0.3 is 15.2 Å². The number of phenolic OH excluding ortho intramolecular Hbond substituents is 1. The summed E-state index contributed by atoms with van der Waals surface area (Å²) >= 11 is 1.01. The molecule has 0 fully saturated rings. The lowest BCUT2D eigenvalue weighted by Gasteiger charge is -2.09. The highest BCUT2D eigenvalue weighted by Crippen LogP contribution is 2.29. The van der Waals surface area contributed by atoms with Gasteiger partial charge in [-0.15, -0.1) is 24.5 Å². The number of hydrogen-bond donors (Lipinski definition) is 3. The van der Waals surface area contributed by atoms with E-state index in [1.807, 2.05) is 0 Å². The molecule has 31 heavy (non-hydrogen) atoms. The van der Waals surface area contributed by atoms with E-state index < -0.39 is 22.3 Å². The molecular weight excluding hydrogens is 459 g/mol. The van der Waals surface area contributed by atoms with Gasteiger partial charge >= 0.3 is 6.36 Å². The number of hydrogen-bond acceptors (Lipinski definition) is 7. The van der Waals surface area contributed by atoms with Gasteiger partial charge in [0.25, 0.3) is 5.91 Å². The average Bonchev–Trinajstić information content (AvgIpc) is 3.13. The molecule has 1 aromatic heterocycles. The van der Waals surface area contributed by atoms with E-state index in [4.69, 9.17) is 0 Å². The quantitative estimate of drug-likeness (QED) is 0.368. The number of rotatable bonds is 6. The first-order chi connectivity index (χ1) is 14.4. The minimum absolute atomic E-state index is 0.0660. The number of anilines is 2. The first-order valence-electron chi connectivity index (χ1n) is 8.33. The third-order valence-corrected chi connectivity index (χ3v) is 5.06. The Morgan fingerprint density at radius 1 is 1.16 bits per heavy atom. The van der Waals surface area contributed by atoms with Crippen molar-refractivity contribution in [2.75, 3.05) is 16.3 Å². The lowest BCUT2D eigenvalue weighted by atomic mass is 10.2. The molecule has 0 aliphatic rings. The van der Waals surface area contributed by atoms with Crippen LogP contribution in [-0.2, 0) is 10.0 Å². The molecule has 0 atom stereocenters. The molecule has 3 N–H and O–H groups in total. The van der Waals surface area contributed by atoms with Crippen LogP contribution in [0.3, 0.4) is 0 Å². The molecule has 3 aromatic rings. The van der Waals surface area contributed by atoms with E-state index in [0.717, 1.165) is 29.7 Å². The van der Waals surface area contributed by atoms with E-state index in [9.17, 15) is 31.5 Å². The minimum atomic E-state index is -4.79. The van der Waals surface area contributed by atoms with Crippen LogP contribution in [-0.4, -0.2) is 37.0 Å². The molecule has 1 heterocycles. The summed E-state index contributed by atoms with van der Waals surface area (Å²) in [6.45, 7) is 0. The zero-order chi connectivity index (χ0) is 22.8. The fourth-order valence-electron chi connectivity index (χ4n) is 2.42. The zero-order valence-electron chi connectivity index (χ0n) is 15.6. The normalized spacial score (nSPS) is 11.7. The van der Waals surface area contributed by atoms with Crippen molar-refractivity contribution in [2.45, 2.75) is 6.36 Å². The number of nitrogens with one attached hydrogen (secondary N) is 2. The largest absolute Gasteiger partial charge is 0.573 e. The van der Waals surface area contributed by atoms with Gasteiger partial charge in [-0.05, 0) is 42.5 Å². The summed E-state index contributed by atoms with van der Waals surface area (Å²) < 4.78 is 65.4. The maximum absolute atomic E-state index is 12.4. The van der Waals surface area contributed by atoms with Crippen molar-refractivity contribution in [3.63, 3.8) is 0 Å². The van der Waals surface area contributed by atoms with Gasteiger partial charge in [0.1, 0.15) is 11.5 Å². The SMILES string of the molecule is CS(=O)(=O)Nc1cc(NC(=O)c2nc(-c3ccc(OC(F)(F)F)cc3)cs2)ccc1O. The Kier molecular flexibility index (Phi) is 6.08. The van der Waals surface area contributed by atoms with Crippen molar-refractivity contribution in [2.24, 2.45) is 0 Å². The molecule has 0 unspecified atom stereocenters. The van der Waals surface area contributed by atoms with Crippen LogP contribution >= 0.6 is 11.3 Å². The van der Waals surface area contributed by atoms with Gasteiger partial charge in [0.05, 0.1) is 17.6 Å². The summed E-state index contributed by atoms with van der Waals surface area (Å²) in [7, 11) is -3.64. The highest BCUT2D eigenvalue weighted by molar-refractivity contribution is 7.92. The van der Waals surface area contributed by atoms with Gasteiger partial charge in [-0.1, -0.05) is 0 Å². The van der Waals surface area contributed by atoms with Gasteiger partial charge in [0.15, 0.2) is 5.01 Å². The third kappa shape index (κ3) is 6.33. The van der Waals surface area contributed by atoms with Crippen molar-refractivity contribution in [1.82, 2.24) is 4.98 Å². The predicted molar refractivity (Wildman–Crippen MR) is 109 cm³/mol. The van der Waals surface area contributed by atoms with Gasteiger partial charge in [-0.3, -0.25) is 9.52 Å². The Morgan fingerprint density at radius 3 is 2.45 bits per heavy atom. The van der Waals surface area contributed by atoms with Crippen molar-refractivity contribution in [1.29, 1.82) is 0 Å². The number of alkyl halides is 3. The lowest BCUT2D eigenvalue weighted by Crippen LogP contribution is -2.16. The second-order valence-corrected chi connectivity index (χ2v) is 8.78. The number of aromatic hydroxyl groups is 1. The second kappa shape index (κ2) is 8.43. The number of amides is 1. The van der Waals surface area contributed by atoms with E-state index in [2.05, 4.69) is 19.8 Å². The molecule has 0 saturated carbocycles. The highest BCUT2D eigenvalue weighted by Gasteiger charge is 2.31. The summed E-state index contributed by atoms with van der Waals surface area (Å²) in [6.07, 6.45) is -3.88. The summed E-state index contributed by atoms with van der Waals surface area (Å²) in [5.41, 5.74) is 0.952. The molecule has 8 nitrogen and oxygen atoms in total. The molecule has 1 amide bonds. The number of nitrogens with zero attached hydrogens (tertiary/aromatic N) is 1.